The highest BCUT2D eigenvalue weighted by molar-refractivity contribution is 6.51. The van der Waals surface area contributed by atoms with Gasteiger partial charge in [0.2, 0.25) is 0 Å². The molecule has 0 amide bonds. The SMILES string of the molecule is CN/N=C1\C(=N)c2ncnc(Cl)c2N(C)C1C. The van der Waals surface area contributed by atoms with Gasteiger partial charge in [-0.05, 0) is 6.92 Å². The molecule has 1 aliphatic heterocycles. The van der Waals surface area contributed by atoms with Gasteiger partial charge in [-0.15, -0.1) is 0 Å². The van der Waals surface area contributed by atoms with Crippen LogP contribution in [0.5, 0.6) is 0 Å². The summed E-state index contributed by atoms with van der Waals surface area (Å²) in [5.41, 5.74) is 4.82. The zero-order valence-electron chi connectivity index (χ0n) is 9.82. The third kappa shape index (κ3) is 1.74. The van der Waals surface area contributed by atoms with Gasteiger partial charge in [0.25, 0.3) is 0 Å². The summed E-state index contributed by atoms with van der Waals surface area (Å²) in [6, 6.07) is -0.0500. The molecule has 90 valence electrons. The maximum atomic E-state index is 8.10. The molecule has 1 unspecified atom stereocenters. The first-order valence-corrected chi connectivity index (χ1v) is 5.52. The Labute approximate surface area is 104 Å². The number of aromatic nitrogens is 2. The van der Waals surface area contributed by atoms with E-state index in [1.165, 1.54) is 6.33 Å². The van der Waals surface area contributed by atoms with Crippen molar-refractivity contribution >= 4 is 28.7 Å². The summed E-state index contributed by atoms with van der Waals surface area (Å²) in [5, 5.41) is 12.6. The molecule has 1 aromatic heterocycles. The van der Waals surface area contributed by atoms with Gasteiger partial charge in [0.15, 0.2) is 5.15 Å². The molecule has 2 rings (SSSR count). The van der Waals surface area contributed by atoms with Gasteiger partial charge in [-0.25, -0.2) is 9.97 Å². The summed E-state index contributed by atoms with van der Waals surface area (Å²) < 4.78 is 0. The van der Waals surface area contributed by atoms with Crippen LogP contribution in [-0.4, -0.2) is 41.5 Å². The molecule has 6 nitrogen and oxygen atoms in total. The smallest absolute Gasteiger partial charge is 0.156 e. The van der Waals surface area contributed by atoms with E-state index >= 15 is 0 Å². The second-order valence-corrected chi connectivity index (χ2v) is 4.10. The van der Waals surface area contributed by atoms with E-state index in [4.69, 9.17) is 17.0 Å². The van der Waals surface area contributed by atoms with Crippen molar-refractivity contribution in [1.82, 2.24) is 15.4 Å². The first-order valence-electron chi connectivity index (χ1n) is 5.14. The lowest BCUT2D eigenvalue weighted by Crippen LogP contribution is -2.46. The minimum atomic E-state index is -0.0500. The number of hydrogen-bond acceptors (Lipinski definition) is 6. The maximum absolute atomic E-state index is 8.10. The number of hydrogen-bond donors (Lipinski definition) is 2. The van der Waals surface area contributed by atoms with Gasteiger partial charge in [-0.2, -0.15) is 5.10 Å². The highest BCUT2D eigenvalue weighted by Crippen LogP contribution is 2.31. The lowest BCUT2D eigenvalue weighted by Gasteiger charge is -2.34. The Morgan fingerprint density at radius 3 is 2.88 bits per heavy atom. The molecule has 0 fully saturated rings. The van der Waals surface area contributed by atoms with E-state index in [1.807, 2.05) is 18.9 Å². The van der Waals surface area contributed by atoms with Crippen LogP contribution in [0.4, 0.5) is 5.69 Å². The third-order valence-corrected chi connectivity index (χ3v) is 3.11. The van der Waals surface area contributed by atoms with Gasteiger partial charge in [0.1, 0.15) is 29.1 Å². The Kier molecular flexibility index (Phi) is 2.97. The molecule has 1 atom stereocenters. The molecule has 0 aliphatic carbocycles. The Morgan fingerprint density at radius 2 is 2.24 bits per heavy atom. The van der Waals surface area contributed by atoms with Crippen molar-refractivity contribution in [2.45, 2.75) is 13.0 Å². The molecule has 0 saturated heterocycles. The molecule has 0 saturated carbocycles. The topological polar surface area (TPSA) is 77.3 Å². The van der Waals surface area contributed by atoms with Crippen molar-refractivity contribution < 1.29 is 0 Å². The fraction of sp³-hybridized carbons (Fsp3) is 0.400. The standard InChI is InChI=1S/C10H13ClN6/c1-5-7(16-13-2)6(12)8-9(17(5)3)10(11)15-4-14-8/h4-5,12-13H,1-3H3/b12-6?,16-7-. The molecule has 0 aromatic carbocycles. The lowest BCUT2D eigenvalue weighted by molar-refractivity contribution is 0.814. The summed E-state index contributed by atoms with van der Waals surface area (Å²) in [5.74, 6) is 0. The minimum Gasteiger partial charge on any atom is -0.362 e. The molecule has 17 heavy (non-hydrogen) atoms. The number of nitrogens with one attached hydrogen (secondary N) is 2. The highest BCUT2D eigenvalue weighted by atomic mass is 35.5. The van der Waals surface area contributed by atoms with E-state index in [9.17, 15) is 0 Å². The van der Waals surface area contributed by atoms with Crippen LogP contribution in [-0.2, 0) is 0 Å². The zero-order chi connectivity index (χ0) is 12.6. The number of nitrogens with zero attached hydrogens (tertiary/aromatic N) is 4. The van der Waals surface area contributed by atoms with Crippen molar-refractivity contribution in [3.05, 3.63) is 17.2 Å². The molecule has 0 radical (unpaired) electrons. The van der Waals surface area contributed by atoms with E-state index in [2.05, 4.69) is 20.5 Å². The Hall–Kier alpha value is -1.69. The number of halogens is 1. The van der Waals surface area contributed by atoms with Crippen LogP contribution >= 0.6 is 11.6 Å². The van der Waals surface area contributed by atoms with E-state index in [1.54, 1.807) is 7.05 Å². The van der Waals surface area contributed by atoms with Crippen LogP contribution in [0.25, 0.3) is 0 Å². The second kappa shape index (κ2) is 4.29. The number of rotatable bonds is 1. The Bertz CT molecular complexity index is 498. The van der Waals surface area contributed by atoms with E-state index < -0.39 is 0 Å². The molecule has 0 spiro atoms. The predicted molar refractivity (Wildman–Crippen MR) is 68.2 cm³/mol. The van der Waals surface area contributed by atoms with Gasteiger partial charge >= 0.3 is 0 Å². The quantitative estimate of drug-likeness (QED) is 0.575. The zero-order valence-corrected chi connectivity index (χ0v) is 10.6. The molecule has 2 heterocycles. The summed E-state index contributed by atoms with van der Waals surface area (Å²) in [6.07, 6.45) is 1.36. The van der Waals surface area contributed by atoms with Crippen LogP contribution < -0.4 is 10.3 Å². The van der Waals surface area contributed by atoms with Gasteiger partial charge in [0, 0.05) is 14.1 Å². The maximum Gasteiger partial charge on any atom is 0.156 e. The highest BCUT2D eigenvalue weighted by Gasteiger charge is 2.33. The van der Waals surface area contributed by atoms with E-state index in [0.717, 1.165) is 0 Å². The summed E-state index contributed by atoms with van der Waals surface area (Å²) >= 11 is 6.05. The molecule has 0 bridgehead atoms. The van der Waals surface area contributed by atoms with E-state index in [-0.39, 0.29) is 11.8 Å². The van der Waals surface area contributed by atoms with Gasteiger partial charge < -0.3 is 10.3 Å². The number of fused-ring (bicyclic) bond motifs is 1. The normalized spacial score (nSPS) is 21.6. The second-order valence-electron chi connectivity index (χ2n) is 3.74. The molecule has 7 heteroatoms. The minimum absolute atomic E-state index is 0.0500. The van der Waals surface area contributed by atoms with Crippen LogP contribution in [0, 0.1) is 5.41 Å². The van der Waals surface area contributed by atoms with Crippen molar-refractivity contribution in [2.75, 3.05) is 19.0 Å². The van der Waals surface area contributed by atoms with Gasteiger partial charge in [0.05, 0.1) is 6.04 Å². The largest absolute Gasteiger partial charge is 0.362 e. The van der Waals surface area contributed by atoms with Crippen molar-refractivity contribution in [3.8, 4) is 0 Å². The first kappa shape index (κ1) is 11.8. The molecule has 2 N–H and O–H groups in total. The Balaban J connectivity index is 2.63. The van der Waals surface area contributed by atoms with Gasteiger partial charge in [-0.3, -0.25) is 5.41 Å². The van der Waals surface area contributed by atoms with Crippen LogP contribution in [0.3, 0.4) is 0 Å². The molecule has 1 aliphatic rings. The van der Waals surface area contributed by atoms with Crippen LogP contribution in [0.15, 0.2) is 11.4 Å². The monoisotopic (exact) mass is 252 g/mol. The van der Waals surface area contributed by atoms with Crippen LogP contribution in [0.1, 0.15) is 12.6 Å². The summed E-state index contributed by atoms with van der Waals surface area (Å²) in [7, 11) is 3.59. The average molecular weight is 253 g/mol. The lowest BCUT2D eigenvalue weighted by atomic mass is 9.98. The predicted octanol–water partition coefficient (Wildman–Crippen LogP) is 0.912. The third-order valence-electron chi connectivity index (χ3n) is 2.83. The molecular formula is C10H13ClN6. The van der Waals surface area contributed by atoms with Crippen molar-refractivity contribution in [3.63, 3.8) is 0 Å². The number of hydrazone groups is 1. The van der Waals surface area contributed by atoms with Gasteiger partial charge in [-0.1, -0.05) is 11.6 Å². The number of anilines is 1. The Morgan fingerprint density at radius 1 is 1.53 bits per heavy atom. The first-order chi connectivity index (χ1) is 8.07. The summed E-state index contributed by atoms with van der Waals surface area (Å²) in [6.45, 7) is 1.96. The fourth-order valence-electron chi connectivity index (χ4n) is 1.83. The van der Waals surface area contributed by atoms with Crippen molar-refractivity contribution in [2.24, 2.45) is 5.10 Å². The van der Waals surface area contributed by atoms with Crippen molar-refractivity contribution in [1.29, 1.82) is 5.41 Å². The summed E-state index contributed by atoms with van der Waals surface area (Å²) in [4.78, 5) is 9.97. The van der Waals surface area contributed by atoms with Crippen LogP contribution in [0.2, 0.25) is 5.15 Å². The molecule has 1 aromatic rings. The fourth-order valence-corrected chi connectivity index (χ4v) is 2.10. The molecular weight excluding hydrogens is 240 g/mol. The average Bonchev–Trinajstić information content (AvgIpc) is 2.31. The van der Waals surface area contributed by atoms with E-state index in [0.29, 0.717) is 22.2 Å².